The van der Waals surface area contributed by atoms with Crippen LogP contribution in [0.2, 0.25) is 0 Å². The van der Waals surface area contributed by atoms with Gasteiger partial charge in [0.2, 0.25) is 0 Å². The minimum absolute atomic E-state index is 0.0304. The van der Waals surface area contributed by atoms with E-state index in [2.05, 4.69) is 15.3 Å². The van der Waals surface area contributed by atoms with Gasteiger partial charge in [0.25, 0.3) is 5.91 Å². The molecule has 0 aliphatic rings. The number of fused-ring (bicyclic) bond motifs is 1. The lowest BCUT2D eigenvalue weighted by molar-refractivity contribution is -0.380. The van der Waals surface area contributed by atoms with Crippen LogP contribution in [0.25, 0.3) is 22.2 Å². The standard InChI is InChI=1S/C23H18N4O7S/c1-32-18-8-7-13(9-19(18)33-2)17-10-15(14-5-3-4-6-16(14)25-17)22(29)34-12-20(28)26-23-24-11-21(35-23)27(30)31/h3-11H,12H2,1-2H3,(H,24,26,28). The number of hydrogen-bond acceptors (Lipinski definition) is 10. The molecule has 1 amide bonds. The molecule has 0 aliphatic carbocycles. The second-order valence-electron chi connectivity index (χ2n) is 7.03. The van der Waals surface area contributed by atoms with Crippen LogP contribution in [0.5, 0.6) is 11.5 Å². The quantitative estimate of drug-likeness (QED) is 0.218. The number of thiazole rings is 1. The maximum absolute atomic E-state index is 12.9. The number of nitrogens with zero attached hydrogens (tertiary/aromatic N) is 3. The topological polar surface area (TPSA) is 143 Å². The smallest absolute Gasteiger partial charge is 0.345 e. The number of pyridine rings is 1. The van der Waals surface area contributed by atoms with Crippen LogP contribution in [-0.2, 0) is 9.53 Å². The first kappa shape index (κ1) is 23.6. The number of para-hydroxylation sites is 1. The molecule has 0 saturated carbocycles. The monoisotopic (exact) mass is 494 g/mol. The summed E-state index contributed by atoms with van der Waals surface area (Å²) in [7, 11) is 3.05. The van der Waals surface area contributed by atoms with Crippen LogP contribution in [-0.4, -0.2) is 47.6 Å². The second kappa shape index (κ2) is 10.1. The summed E-state index contributed by atoms with van der Waals surface area (Å²) in [4.78, 5) is 43.7. The summed E-state index contributed by atoms with van der Waals surface area (Å²) in [5.74, 6) is -0.358. The average molecular weight is 494 g/mol. The molecule has 1 N–H and O–H groups in total. The van der Waals surface area contributed by atoms with Crippen molar-refractivity contribution in [3.05, 3.63) is 70.4 Å². The van der Waals surface area contributed by atoms with Gasteiger partial charge < -0.3 is 14.2 Å². The first-order chi connectivity index (χ1) is 16.9. The Bertz CT molecular complexity index is 1440. The van der Waals surface area contributed by atoms with Crippen molar-refractivity contribution in [1.82, 2.24) is 9.97 Å². The zero-order chi connectivity index (χ0) is 24.9. The molecule has 4 aromatic rings. The second-order valence-corrected chi connectivity index (χ2v) is 8.04. The summed E-state index contributed by atoms with van der Waals surface area (Å²) in [5.41, 5.74) is 1.96. The number of nitro groups is 1. The highest BCUT2D eigenvalue weighted by atomic mass is 32.1. The molecule has 2 heterocycles. The highest BCUT2D eigenvalue weighted by Crippen LogP contribution is 2.33. The maximum atomic E-state index is 12.9. The number of carbonyl (C=O) groups excluding carboxylic acids is 2. The number of esters is 1. The van der Waals surface area contributed by atoms with Crippen molar-refractivity contribution in [2.24, 2.45) is 0 Å². The predicted molar refractivity (Wildman–Crippen MR) is 128 cm³/mol. The third-order valence-corrected chi connectivity index (χ3v) is 5.73. The lowest BCUT2D eigenvalue weighted by atomic mass is 10.0. The van der Waals surface area contributed by atoms with Crippen LogP contribution >= 0.6 is 11.3 Å². The van der Waals surface area contributed by atoms with Crippen LogP contribution in [0.15, 0.2) is 54.7 Å². The molecule has 2 aromatic carbocycles. The number of methoxy groups -OCH3 is 2. The lowest BCUT2D eigenvalue weighted by Gasteiger charge is -2.12. The molecule has 0 bridgehead atoms. The van der Waals surface area contributed by atoms with E-state index in [4.69, 9.17) is 14.2 Å². The highest BCUT2D eigenvalue weighted by molar-refractivity contribution is 7.18. The summed E-state index contributed by atoms with van der Waals surface area (Å²) in [6, 6.07) is 13.9. The number of ether oxygens (including phenoxy) is 3. The normalized spacial score (nSPS) is 10.6. The van der Waals surface area contributed by atoms with Crippen molar-refractivity contribution in [2.75, 3.05) is 26.1 Å². The molecule has 0 saturated heterocycles. The molecule has 0 spiro atoms. The van der Waals surface area contributed by atoms with Crippen LogP contribution in [0.1, 0.15) is 10.4 Å². The largest absolute Gasteiger partial charge is 0.493 e. The van der Waals surface area contributed by atoms with Gasteiger partial charge in [0.1, 0.15) is 6.20 Å². The van der Waals surface area contributed by atoms with E-state index in [9.17, 15) is 19.7 Å². The van der Waals surface area contributed by atoms with E-state index in [1.54, 1.807) is 48.5 Å². The van der Waals surface area contributed by atoms with E-state index in [0.29, 0.717) is 45.0 Å². The Morgan fingerprint density at radius 1 is 1.09 bits per heavy atom. The molecule has 4 rings (SSSR count). The Morgan fingerprint density at radius 2 is 1.86 bits per heavy atom. The van der Waals surface area contributed by atoms with E-state index < -0.39 is 23.4 Å². The lowest BCUT2D eigenvalue weighted by Crippen LogP contribution is -2.21. The summed E-state index contributed by atoms with van der Waals surface area (Å²) in [6.45, 7) is -0.603. The minimum atomic E-state index is -0.731. The molecule has 0 radical (unpaired) electrons. The van der Waals surface area contributed by atoms with Crippen molar-refractivity contribution in [3.63, 3.8) is 0 Å². The first-order valence-corrected chi connectivity index (χ1v) is 10.9. The van der Waals surface area contributed by atoms with Crippen molar-refractivity contribution in [2.45, 2.75) is 0 Å². The summed E-state index contributed by atoms with van der Waals surface area (Å²) >= 11 is 0.697. The molecule has 0 atom stereocenters. The van der Waals surface area contributed by atoms with Gasteiger partial charge in [-0.2, -0.15) is 0 Å². The Kier molecular flexibility index (Phi) is 6.83. The molecule has 35 heavy (non-hydrogen) atoms. The summed E-state index contributed by atoms with van der Waals surface area (Å²) in [6.07, 6.45) is 1.03. The number of hydrogen-bond donors (Lipinski definition) is 1. The van der Waals surface area contributed by atoms with Crippen LogP contribution < -0.4 is 14.8 Å². The molecular formula is C23H18N4O7S. The molecule has 12 heteroatoms. The predicted octanol–water partition coefficient (Wildman–Crippen LogP) is 4.08. The van der Waals surface area contributed by atoms with E-state index in [0.717, 1.165) is 6.20 Å². The number of anilines is 1. The third-order valence-electron chi connectivity index (χ3n) is 4.87. The number of aromatic nitrogens is 2. The van der Waals surface area contributed by atoms with Gasteiger partial charge in [0.05, 0.1) is 35.9 Å². The molecule has 0 unspecified atom stereocenters. The van der Waals surface area contributed by atoms with Crippen molar-refractivity contribution in [1.29, 1.82) is 0 Å². The Balaban J connectivity index is 1.57. The van der Waals surface area contributed by atoms with E-state index in [1.807, 2.05) is 0 Å². The number of rotatable bonds is 8. The number of nitrogens with one attached hydrogen (secondary N) is 1. The fourth-order valence-corrected chi connectivity index (χ4v) is 3.91. The van der Waals surface area contributed by atoms with Gasteiger partial charge in [-0.3, -0.25) is 20.2 Å². The molecule has 2 aromatic heterocycles. The third kappa shape index (κ3) is 5.17. The average Bonchev–Trinajstić information content (AvgIpc) is 3.35. The fraction of sp³-hybridized carbons (Fsp3) is 0.130. The molecule has 178 valence electrons. The highest BCUT2D eigenvalue weighted by Gasteiger charge is 2.19. The maximum Gasteiger partial charge on any atom is 0.345 e. The van der Waals surface area contributed by atoms with Gasteiger partial charge in [0, 0.05) is 10.9 Å². The number of carbonyl (C=O) groups is 2. The van der Waals surface area contributed by atoms with E-state index in [-0.39, 0.29) is 15.7 Å². The zero-order valence-electron chi connectivity index (χ0n) is 18.5. The summed E-state index contributed by atoms with van der Waals surface area (Å²) < 4.78 is 15.9. The van der Waals surface area contributed by atoms with Crippen LogP contribution in [0, 0.1) is 10.1 Å². The first-order valence-electron chi connectivity index (χ1n) is 10.1. The van der Waals surface area contributed by atoms with Crippen molar-refractivity contribution < 1.29 is 28.7 Å². The molecule has 0 fully saturated rings. The van der Waals surface area contributed by atoms with Crippen molar-refractivity contribution in [3.8, 4) is 22.8 Å². The molecular weight excluding hydrogens is 476 g/mol. The van der Waals surface area contributed by atoms with E-state index in [1.165, 1.54) is 14.2 Å². The molecule has 11 nitrogen and oxygen atoms in total. The number of benzene rings is 2. The van der Waals surface area contributed by atoms with Gasteiger partial charge in [-0.1, -0.05) is 18.2 Å². The Morgan fingerprint density at radius 3 is 2.57 bits per heavy atom. The van der Waals surface area contributed by atoms with Crippen molar-refractivity contribution >= 4 is 44.2 Å². The Hall–Kier alpha value is -4.58. The van der Waals surface area contributed by atoms with Gasteiger partial charge >= 0.3 is 11.0 Å². The number of amides is 1. The van der Waals surface area contributed by atoms with Crippen LogP contribution in [0.3, 0.4) is 0 Å². The molecule has 0 aliphatic heterocycles. The van der Waals surface area contributed by atoms with E-state index >= 15 is 0 Å². The van der Waals surface area contributed by atoms with Crippen LogP contribution in [0.4, 0.5) is 10.1 Å². The summed E-state index contributed by atoms with van der Waals surface area (Å²) in [5, 5.41) is 13.5. The fourth-order valence-electron chi connectivity index (χ4n) is 3.26. The van der Waals surface area contributed by atoms with Gasteiger partial charge in [-0.05, 0) is 41.7 Å². The minimum Gasteiger partial charge on any atom is -0.493 e. The van der Waals surface area contributed by atoms with Gasteiger partial charge in [-0.25, -0.2) is 14.8 Å². The SMILES string of the molecule is COc1ccc(-c2cc(C(=O)OCC(=O)Nc3ncc([N+](=O)[O-])s3)c3ccccc3n2)cc1OC. The Labute approximate surface area is 202 Å². The van der Waals surface area contributed by atoms with Gasteiger partial charge in [0.15, 0.2) is 23.2 Å². The zero-order valence-corrected chi connectivity index (χ0v) is 19.3. The van der Waals surface area contributed by atoms with Gasteiger partial charge in [-0.15, -0.1) is 0 Å².